The maximum Gasteiger partial charge on any atom is 0.00313 e. The number of hydrogen-bond acceptors (Lipinski definition) is 0. The molecule has 0 bridgehead atoms. The summed E-state index contributed by atoms with van der Waals surface area (Å²) in [6.07, 6.45) is 29.2. The first-order valence-corrected chi connectivity index (χ1v) is 13.0. The minimum atomic E-state index is 0.960. The molecule has 0 radical (unpaired) electrons. The van der Waals surface area contributed by atoms with Crippen molar-refractivity contribution in [3.63, 3.8) is 0 Å². The van der Waals surface area contributed by atoms with E-state index in [0.717, 1.165) is 5.92 Å². The Morgan fingerprint density at radius 2 is 0.800 bits per heavy atom. The highest BCUT2D eigenvalue weighted by atomic mass is 79.9. The summed E-state index contributed by atoms with van der Waals surface area (Å²) in [6.45, 7) is 4.77. The highest BCUT2D eigenvalue weighted by Crippen LogP contribution is 2.18. The molecule has 0 nitrogen and oxygen atoms in total. The van der Waals surface area contributed by atoms with Crippen molar-refractivity contribution in [2.24, 2.45) is 5.92 Å². The Morgan fingerprint density at radius 3 is 1.16 bits per heavy atom. The van der Waals surface area contributed by atoms with Gasteiger partial charge in [0.05, 0.1) is 0 Å². The summed E-state index contributed by atoms with van der Waals surface area (Å²) in [6, 6.07) is 0. The van der Waals surface area contributed by atoms with Crippen molar-refractivity contribution in [3.8, 4) is 0 Å². The average molecular weight is 418 g/mol. The van der Waals surface area contributed by atoms with Crippen molar-refractivity contribution in [2.45, 2.75) is 142 Å². The van der Waals surface area contributed by atoms with Gasteiger partial charge in [-0.25, -0.2) is 0 Å². The molecule has 1 heteroatoms. The highest BCUT2D eigenvalue weighted by Gasteiger charge is 2.02. The van der Waals surface area contributed by atoms with Crippen molar-refractivity contribution in [1.29, 1.82) is 0 Å². The minimum Gasteiger partial charge on any atom is -0.0928 e. The molecule has 152 valence electrons. The molecule has 0 heterocycles. The molecule has 0 aliphatic carbocycles. The molecule has 1 atom stereocenters. The second kappa shape index (κ2) is 22.5. The van der Waals surface area contributed by atoms with Gasteiger partial charge in [0, 0.05) is 5.33 Å². The number of halogens is 1. The molecule has 0 N–H and O–H groups in total. The summed E-state index contributed by atoms with van der Waals surface area (Å²) in [5.41, 5.74) is 0. The topological polar surface area (TPSA) is 0 Å². The lowest BCUT2D eigenvalue weighted by Gasteiger charge is -2.11. The zero-order valence-electron chi connectivity index (χ0n) is 17.8. The molecule has 0 rings (SSSR count). The van der Waals surface area contributed by atoms with Crippen LogP contribution < -0.4 is 0 Å². The van der Waals surface area contributed by atoms with Crippen molar-refractivity contribution in [2.75, 3.05) is 5.33 Å². The van der Waals surface area contributed by atoms with Gasteiger partial charge in [0.15, 0.2) is 0 Å². The number of alkyl halides is 1. The van der Waals surface area contributed by atoms with Crippen molar-refractivity contribution < 1.29 is 0 Å². The van der Waals surface area contributed by atoms with Gasteiger partial charge >= 0.3 is 0 Å². The fraction of sp³-hybridized carbons (Fsp3) is 1.00. The number of hydrogen-bond donors (Lipinski definition) is 0. The molecule has 0 aromatic rings. The third-order valence-electron chi connectivity index (χ3n) is 5.63. The van der Waals surface area contributed by atoms with Gasteiger partial charge in [-0.15, -0.1) is 0 Å². The van der Waals surface area contributed by atoms with Gasteiger partial charge in [-0.05, 0) is 12.3 Å². The second-order valence-corrected chi connectivity index (χ2v) is 9.17. The van der Waals surface area contributed by atoms with Crippen LogP contribution in [0.25, 0.3) is 0 Å². The Bertz CT molecular complexity index is 226. The average Bonchev–Trinajstić information content (AvgIpc) is 2.62. The summed E-state index contributed by atoms with van der Waals surface area (Å²) in [5, 5.41) is 1.18. The first-order chi connectivity index (χ1) is 12.3. The van der Waals surface area contributed by atoms with E-state index in [1.54, 1.807) is 0 Å². The van der Waals surface area contributed by atoms with Crippen LogP contribution in [0.4, 0.5) is 0 Å². The van der Waals surface area contributed by atoms with E-state index in [4.69, 9.17) is 0 Å². The van der Waals surface area contributed by atoms with Crippen LogP contribution in [0.3, 0.4) is 0 Å². The molecule has 0 saturated heterocycles. The Balaban J connectivity index is 3.08. The van der Waals surface area contributed by atoms with Crippen LogP contribution >= 0.6 is 15.9 Å². The third-order valence-corrected chi connectivity index (χ3v) is 6.19. The highest BCUT2D eigenvalue weighted by molar-refractivity contribution is 9.09. The lowest BCUT2D eigenvalue weighted by Crippen LogP contribution is -1.95. The zero-order valence-corrected chi connectivity index (χ0v) is 19.4. The summed E-state index contributed by atoms with van der Waals surface area (Å²) in [4.78, 5) is 0. The SMILES string of the molecule is CCCCCCCCCCCCCCCCC(C)CCCCCCBr. The molecule has 0 aromatic heterocycles. The first-order valence-electron chi connectivity index (χ1n) is 11.9. The fourth-order valence-corrected chi connectivity index (χ4v) is 4.17. The van der Waals surface area contributed by atoms with E-state index in [9.17, 15) is 0 Å². The van der Waals surface area contributed by atoms with Crippen molar-refractivity contribution >= 4 is 15.9 Å². The molecule has 0 amide bonds. The van der Waals surface area contributed by atoms with Crippen LogP contribution in [-0.2, 0) is 0 Å². The molecule has 0 fully saturated rings. The Hall–Kier alpha value is 0.480. The normalized spacial score (nSPS) is 12.6. The lowest BCUT2D eigenvalue weighted by molar-refractivity contribution is 0.433. The van der Waals surface area contributed by atoms with Crippen LogP contribution in [0, 0.1) is 5.92 Å². The van der Waals surface area contributed by atoms with Gasteiger partial charge < -0.3 is 0 Å². The monoisotopic (exact) mass is 416 g/mol. The van der Waals surface area contributed by atoms with E-state index < -0.39 is 0 Å². The molecule has 0 aliphatic rings. The summed E-state index contributed by atoms with van der Waals surface area (Å²) < 4.78 is 0. The molecule has 1 unspecified atom stereocenters. The Labute approximate surface area is 169 Å². The quantitative estimate of drug-likeness (QED) is 0.129. The number of unbranched alkanes of at least 4 members (excludes halogenated alkanes) is 16. The minimum absolute atomic E-state index is 0.960. The van der Waals surface area contributed by atoms with Crippen molar-refractivity contribution in [1.82, 2.24) is 0 Å². The van der Waals surface area contributed by atoms with E-state index in [-0.39, 0.29) is 0 Å². The van der Waals surface area contributed by atoms with E-state index in [1.807, 2.05) is 0 Å². The maximum absolute atomic E-state index is 3.52. The van der Waals surface area contributed by atoms with Crippen LogP contribution in [-0.4, -0.2) is 5.33 Å². The molecule has 0 aliphatic heterocycles. The molecule has 0 spiro atoms. The largest absolute Gasteiger partial charge is 0.0928 e. The Kier molecular flexibility index (Phi) is 23.0. The van der Waals surface area contributed by atoms with Gasteiger partial charge in [-0.2, -0.15) is 0 Å². The third kappa shape index (κ3) is 22.4. The second-order valence-electron chi connectivity index (χ2n) is 8.38. The predicted molar refractivity (Wildman–Crippen MR) is 121 cm³/mol. The van der Waals surface area contributed by atoms with E-state index >= 15 is 0 Å². The maximum atomic E-state index is 3.52. The molecular weight excluding hydrogens is 368 g/mol. The van der Waals surface area contributed by atoms with Crippen LogP contribution in [0.1, 0.15) is 142 Å². The predicted octanol–water partition coefficient (Wildman–Crippen LogP) is 9.84. The van der Waals surface area contributed by atoms with Gasteiger partial charge in [-0.1, -0.05) is 152 Å². The van der Waals surface area contributed by atoms with Crippen molar-refractivity contribution in [3.05, 3.63) is 0 Å². The fourth-order valence-electron chi connectivity index (χ4n) is 3.77. The van der Waals surface area contributed by atoms with Gasteiger partial charge in [0.2, 0.25) is 0 Å². The van der Waals surface area contributed by atoms with Crippen LogP contribution in [0.5, 0.6) is 0 Å². The standard InChI is InChI=1S/C24H49Br/c1-3-4-5-6-7-8-9-10-11-12-13-14-15-18-21-24(2)22-19-16-17-20-23-25/h24H,3-23H2,1-2H3. The molecular formula is C24H49Br. The number of rotatable bonds is 21. The summed E-state index contributed by atoms with van der Waals surface area (Å²) in [5.74, 6) is 0.960. The molecule has 25 heavy (non-hydrogen) atoms. The van der Waals surface area contributed by atoms with Crippen LogP contribution in [0.2, 0.25) is 0 Å². The molecule has 0 aromatic carbocycles. The van der Waals surface area contributed by atoms with Gasteiger partial charge in [0.25, 0.3) is 0 Å². The van der Waals surface area contributed by atoms with E-state index in [1.165, 1.54) is 134 Å². The van der Waals surface area contributed by atoms with E-state index in [2.05, 4.69) is 29.8 Å². The lowest BCUT2D eigenvalue weighted by atomic mass is 9.96. The zero-order chi connectivity index (χ0) is 18.4. The smallest absolute Gasteiger partial charge is 0.00313 e. The van der Waals surface area contributed by atoms with Crippen LogP contribution in [0.15, 0.2) is 0 Å². The summed E-state index contributed by atoms with van der Waals surface area (Å²) >= 11 is 3.52. The van der Waals surface area contributed by atoms with Gasteiger partial charge in [-0.3, -0.25) is 0 Å². The van der Waals surface area contributed by atoms with Gasteiger partial charge in [0.1, 0.15) is 0 Å². The first kappa shape index (κ1) is 25.5. The summed E-state index contributed by atoms with van der Waals surface area (Å²) in [7, 11) is 0. The Morgan fingerprint density at radius 1 is 0.480 bits per heavy atom. The van der Waals surface area contributed by atoms with E-state index in [0.29, 0.717) is 0 Å². The molecule has 0 saturated carbocycles.